The predicted octanol–water partition coefficient (Wildman–Crippen LogP) is 1.89. The molecule has 0 amide bonds. The number of hydrogen-bond donors (Lipinski definition) is 1. The van der Waals surface area contributed by atoms with E-state index in [0.29, 0.717) is 24.8 Å². The minimum absolute atomic E-state index is 0.161. The second-order valence-corrected chi connectivity index (χ2v) is 5.02. The first-order chi connectivity index (χ1) is 8.61. The molecule has 2 unspecified atom stereocenters. The zero-order valence-electron chi connectivity index (χ0n) is 11.0. The van der Waals surface area contributed by atoms with Crippen molar-refractivity contribution in [2.45, 2.75) is 39.1 Å². The molecule has 1 aliphatic rings. The summed E-state index contributed by atoms with van der Waals surface area (Å²) >= 11 is 0. The van der Waals surface area contributed by atoms with Gasteiger partial charge in [0.1, 0.15) is 5.82 Å². The van der Waals surface area contributed by atoms with Crippen LogP contribution in [0.2, 0.25) is 0 Å². The van der Waals surface area contributed by atoms with Gasteiger partial charge in [-0.3, -0.25) is 4.90 Å². The van der Waals surface area contributed by atoms with Gasteiger partial charge < -0.3 is 10.5 Å². The molecule has 2 rings (SSSR count). The third-order valence-corrected chi connectivity index (χ3v) is 3.49. The molecule has 0 spiro atoms. The lowest BCUT2D eigenvalue weighted by Gasteiger charge is -2.36. The zero-order chi connectivity index (χ0) is 13.1. The van der Waals surface area contributed by atoms with Gasteiger partial charge in [0.05, 0.1) is 12.7 Å². The van der Waals surface area contributed by atoms with Gasteiger partial charge in [-0.05, 0) is 13.8 Å². The molecule has 0 aliphatic carbocycles. The number of hydrogen-bond acceptors (Lipinski definition) is 3. The van der Waals surface area contributed by atoms with Crippen LogP contribution in [0.25, 0.3) is 0 Å². The fourth-order valence-electron chi connectivity index (χ4n) is 2.32. The molecular weight excluding hydrogens is 231 g/mol. The van der Waals surface area contributed by atoms with E-state index in [9.17, 15) is 4.39 Å². The molecule has 0 radical (unpaired) electrons. The van der Waals surface area contributed by atoms with Crippen molar-refractivity contribution in [1.82, 2.24) is 4.90 Å². The van der Waals surface area contributed by atoms with Crippen LogP contribution < -0.4 is 5.73 Å². The maximum Gasteiger partial charge on any atom is 0.132 e. The molecule has 1 aromatic rings. The van der Waals surface area contributed by atoms with Crippen LogP contribution in [0.4, 0.5) is 4.39 Å². The van der Waals surface area contributed by atoms with Crippen LogP contribution in [0.3, 0.4) is 0 Å². The van der Waals surface area contributed by atoms with Crippen molar-refractivity contribution in [3.8, 4) is 0 Å². The number of ether oxygens (including phenoxy) is 1. The Hall–Kier alpha value is -0.970. The summed E-state index contributed by atoms with van der Waals surface area (Å²) in [5.41, 5.74) is 6.83. The molecule has 3 nitrogen and oxygen atoms in total. The Balaban J connectivity index is 2.13. The average molecular weight is 252 g/mol. The molecular formula is C14H21FN2O. The molecule has 0 bridgehead atoms. The fourth-order valence-corrected chi connectivity index (χ4v) is 2.32. The summed E-state index contributed by atoms with van der Waals surface area (Å²) in [5, 5.41) is 0. The number of benzene rings is 1. The highest BCUT2D eigenvalue weighted by Gasteiger charge is 2.24. The van der Waals surface area contributed by atoms with E-state index >= 15 is 0 Å². The largest absolute Gasteiger partial charge is 0.376 e. The van der Waals surface area contributed by atoms with Crippen LogP contribution in [0.15, 0.2) is 18.2 Å². The lowest BCUT2D eigenvalue weighted by Crippen LogP contribution is -2.46. The van der Waals surface area contributed by atoms with E-state index in [2.05, 4.69) is 11.8 Å². The summed E-state index contributed by atoms with van der Waals surface area (Å²) in [4.78, 5) is 2.26. The van der Waals surface area contributed by atoms with Gasteiger partial charge in [0.25, 0.3) is 0 Å². The molecule has 1 fully saturated rings. The van der Waals surface area contributed by atoms with Gasteiger partial charge in [0, 0.05) is 36.8 Å². The van der Waals surface area contributed by atoms with Crippen molar-refractivity contribution < 1.29 is 9.13 Å². The molecule has 1 aromatic carbocycles. The molecule has 0 aromatic heterocycles. The van der Waals surface area contributed by atoms with Crippen LogP contribution in [0.1, 0.15) is 25.0 Å². The van der Waals surface area contributed by atoms with E-state index < -0.39 is 0 Å². The van der Waals surface area contributed by atoms with Crippen molar-refractivity contribution in [3.63, 3.8) is 0 Å². The van der Waals surface area contributed by atoms with Crippen molar-refractivity contribution in [3.05, 3.63) is 35.1 Å². The highest BCUT2D eigenvalue weighted by molar-refractivity contribution is 5.26. The van der Waals surface area contributed by atoms with E-state index in [0.717, 1.165) is 12.1 Å². The highest BCUT2D eigenvalue weighted by atomic mass is 19.1. The number of halogens is 1. The summed E-state index contributed by atoms with van der Waals surface area (Å²) in [7, 11) is 0. The number of rotatable bonds is 3. The number of nitrogens with zero attached hydrogens (tertiary/aromatic N) is 1. The average Bonchev–Trinajstić information content (AvgIpc) is 2.36. The predicted molar refractivity (Wildman–Crippen MR) is 69.6 cm³/mol. The van der Waals surface area contributed by atoms with E-state index in [4.69, 9.17) is 10.5 Å². The van der Waals surface area contributed by atoms with Crippen LogP contribution >= 0.6 is 0 Å². The summed E-state index contributed by atoms with van der Waals surface area (Å²) in [6.07, 6.45) is 0.210. The Morgan fingerprint density at radius 3 is 2.83 bits per heavy atom. The Bertz CT molecular complexity index is 411. The second kappa shape index (κ2) is 5.78. The topological polar surface area (TPSA) is 38.5 Å². The lowest BCUT2D eigenvalue weighted by atomic mass is 10.1. The molecule has 0 saturated carbocycles. The standard InChI is InChI=1S/C14H21FN2O/c1-10-9-18-11(2)7-17(10)8-13-5-3-4-12(6-16)14(13)15/h3-5,10-11H,6-9,16H2,1-2H3. The second-order valence-electron chi connectivity index (χ2n) is 5.02. The van der Waals surface area contributed by atoms with Crippen molar-refractivity contribution in [2.75, 3.05) is 13.2 Å². The van der Waals surface area contributed by atoms with E-state index in [-0.39, 0.29) is 18.5 Å². The quantitative estimate of drug-likeness (QED) is 0.893. The minimum Gasteiger partial charge on any atom is -0.376 e. The Morgan fingerprint density at radius 2 is 2.11 bits per heavy atom. The van der Waals surface area contributed by atoms with Crippen LogP contribution in [0, 0.1) is 5.82 Å². The van der Waals surface area contributed by atoms with E-state index in [1.54, 1.807) is 6.07 Å². The monoisotopic (exact) mass is 252 g/mol. The van der Waals surface area contributed by atoms with Crippen LogP contribution in [-0.2, 0) is 17.8 Å². The zero-order valence-corrected chi connectivity index (χ0v) is 11.0. The Morgan fingerprint density at radius 1 is 1.39 bits per heavy atom. The van der Waals surface area contributed by atoms with Crippen molar-refractivity contribution in [1.29, 1.82) is 0 Å². The van der Waals surface area contributed by atoms with E-state index in [1.165, 1.54) is 0 Å². The van der Waals surface area contributed by atoms with Gasteiger partial charge in [-0.1, -0.05) is 18.2 Å². The van der Waals surface area contributed by atoms with Crippen LogP contribution in [0.5, 0.6) is 0 Å². The summed E-state index contributed by atoms with van der Waals surface area (Å²) in [6.45, 7) is 6.57. The maximum absolute atomic E-state index is 14.1. The van der Waals surface area contributed by atoms with Gasteiger partial charge in [0.15, 0.2) is 0 Å². The third-order valence-electron chi connectivity index (χ3n) is 3.49. The maximum atomic E-state index is 14.1. The molecule has 4 heteroatoms. The first-order valence-electron chi connectivity index (χ1n) is 6.43. The normalized spacial score (nSPS) is 25.3. The van der Waals surface area contributed by atoms with Gasteiger partial charge >= 0.3 is 0 Å². The van der Waals surface area contributed by atoms with Crippen LogP contribution in [-0.4, -0.2) is 30.2 Å². The smallest absolute Gasteiger partial charge is 0.132 e. The third kappa shape index (κ3) is 2.88. The molecule has 2 N–H and O–H groups in total. The first-order valence-corrected chi connectivity index (χ1v) is 6.43. The van der Waals surface area contributed by atoms with Gasteiger partial charge in [-0.25, -0.2) is 4.39 Å². The molecule has 100 valence electrons. The number of nitrogens with two attached hydrogens (primary N) is 1. The van der Waals surface area contributed by atoms with Crippen molar-refractivity contribution >= 4 is 0 Å². The van der Waals surface area contributed by atoms with E-state index in [1.807, 2.05) is 19.1 Å². The fraction of sp³-hybridized carbons (Fsp3) is 0.571. The summed E-state index contributed by atoms with van der Waals surface area (Å²) in [5.74, 6) is -0.161. The lowest BCUT2D eigenvalue weighted by molar-refractivity contribution is -0.0529. The Labute approximate surface area is 108 Å². The Kier molecular flexibility index (Phi) is 4.32. The van der Waals surface area contributed by atoms with Crippen molar-refractivity contribution in [2.24, 2.45) is 5.73 Å². The molecule has 1 saturated heterocycles. The van der Waals surface area contributed by atoms with Gasteiger partial charge in [-0.2, -0.15) is 0 Å². The van der Waals surface area contributed by atoms with Gasteiger partial charge in [0.2, 0.25) is 0 Å². The minimum atomic E-state index is -0.161. The summed E-state index contributed by atoms with van der Waals surface area (Å²) in [6, 6.07) is 5.77. The SMILES string of the molecule is CC1CN(Cc2cccc(CN)c2F)C(C)CO1. The molecule has 1 aliphatic heterocycles. The summed E-state index contributed by atoms with van der Waals surface area (Å²) < 4.78 is 19.7. The number of morpholine rings is 1. The highest BCUT2D eigenvalue weighted by Crippen LogP contribution is 2.19. The molecule has 18 heavy (non-hydrogen) atoms. The molecule has 2 atom stereocenters. The molecule has 1 heterocycles. The first kappa shape index (κ1) is 13.5. The van der Waals surface area contributed by atoms with Gasteiger partial charge in [-0.15, -0.1) is 0 Å².